The van der Waals surface area contributed by atoms with Gasteiger partial charge < -0.3 is 6.07 Å². The molecule has 9 heavy (non-hydrogen) atoms. The van der Waals surface area contributed by atoms with E-state index < -0.39 is 0 Å². The second-order valence-corrected chi connectivity index (χ2v) is 2.82. The fraction of sp³-hybridized carbons (Fsp3) is 0.500. The molecule has 44 valence electrons. The van der Waals surface area contributed by atoms with Crippen molar-refractivity contribution in [3.05, 3.63) is 17.1 Å². The third kappa shape index (κ3) is 3.37. The Balaban J connectivity index is 0.000000640. The molecule has 0 unspecified atom stereocenters. The van der Waals surface area contributed by atoms with E-state index in [1.54, 1.807) is 6.20 Å². The Hall–Kier alpha value is 1.44. The summed E-state index contributed by atoms with van der Waals surface area (Å²) in [6, 6.07) is 3.04. The first-order valence-electron chi connectivity index (χ1n) is 2.63. The van der Waals surface area contributed by atoms with E-state index in [0.29, 0.717) is 5.92 Å². The fourth-order valence-electron chi connectivity index (χ4n) is 0.472. The molecule has 0 aliphatic rings. The summed E-state index contributed by atoms with van der Waals surface area (Å²) in [6.07, 6.45) is 1.72. The quantitative estimate of drug-likeness (QED) is 0.547. The number of hydrogen-bond acceptors (Lipinski definition) is 2. The Morgan fingerprint density at radius 2 is 2.33 bits per heavy atom. The topological polar surface area (TPSA) is 12.9 Å². The zero-order valence-electron chi connectivity index (χ0n) is 6.01. The van der Waals surface area contributed by atoms with Crippen LogP contribution < -0.4 is 58.2 Å². The molecular formula is C6H8NRbS. The van der Waals surface area contributed by atoms with Gasteiger partial charge in [-0.05, 0) is 5.92 Å². The number of nitrogens with zero attached hydrogens (tertiary/aromatic N) is 1. The van der Waals surface area contributed by atoms with Crippen molar-refractivity contribution in [2.24, 2.45) is 0 Å². The third-order valence-electron chi connectivity index (χ3n) is 0.935. The standard InChI is InChI=1S/C6H8NS.Rb/c1-5(2)6-3-4-7-8-6;/h4-5H,1-2H3;/q-1;+1. The van der Waals surface area contributed by atoms with Crippen molar-refractivity contribution >= 4 is 11.5 Å². The second kappa shape index (κ2) is 5.13. The van der Waals surface area contributed by atoms with Crippen LogP contribution in [0.2, 0.25) is 0 Å². The number of hydrogen-bond donors (Lipinski definition) is 0. The molecule has 0 radical (unpaired) electrons. The first-order valence-corrected chi connectivity index (χ1v) is 3.40. The molecule has 1 rings (SSSR count). The van der Waals surface area contributed by atoms with Gasteiger partial charge in [0.2, 0.25) is 0 Å². The summed E-state index contributed by atoms with van der Waals surface area (Å²) in [5.41, 5.74) is 0. The molecule has 1 aromatic heterocycles. The van der Waals surface area contributed by atoms with Crippen molar-refractivity contribution in [3.8, 4) is 0 Å². The molecule has 0 aliphatic carbocycles. The summed E-state index contributed by atoms with van der Waals surface area (Å²) in [5.74, 6) is 0.586. The van der Waals surface area contributed by atoms with E-state index in [4.69, 9.17) is 0 Å². The van der Waals surface area contributed by atoms with Gasteiger partial charge in [0, 0.05) is 0 Å². The van der Waals surface area contributed by atoms with Crippen LogP contribution in [0.25, 0.3) is 0 Å². The van der Waals surface area contributed by atoms with Gasteiger partial charge in [0.25, 0.3) is 0 Å². The predicted octanol–water partition coefficient (Wildman–Crippen LogP) is -0.929. The molecule has 0 saturated heterocycles. The van der Waals surface area contributed by atoms with Crippen LogP contribution in [0.4, 0.5) is 0 Å². The molecule has 0 bridgehead atoms. The van der Waals surface area contributed by atoms with Gasteiger partial charge in [-0.3, -0.25) is 0 Å². The van der Waals surface area contributed by atoms with Crippen molar-refractivity contribution in [3.63, 3.8) is 0 Å². The molecule has 0 atom stereocenters. The monoisotopic (exact) mass is 211 g/mol. The van der Waals surface area contributed by atoms with Crippen LogP contribution >= 0.6 is 11.5 Å². The van der Waals surface area contributed by atoms with Gasteiger partial charge >= 0.3 is 58.2 Å². The second-order valence-electron chi connectivity index (χ2n) is 1.99. The summed E-state index contributed by atoms with van der Waals surface area (Å²) >= 11 is 1.53. The van der Waals surface area contributed by atoms with E-state index in [1.807, 2.05) is 0 Å². The SMILES string of the molecule is CC(C)c1[c-]cns1.[Rb+]. The minimum absolute atomic E-state index is 0. The maximum Gasteiger partial charge on any atom is 1.00 e. The summed E-state index contributed by atoms with van der Waals surface area (Å²) in [6.45, 7) is 4.29. The van der Waals surface area contributed by atoms with Crippen LogP contribution in [0.5, 0.6) is 0 Å². The van der Waals surface area contributed by atoms with Gasteiger partial charge in [0.15, 0.2) is 0 Å². The maximum absolute atomic E-state index is 3.93. The van der Waals surface area contributed by atoms with E-state index >= 15 is 0 Å². The van der Waals surface area contributed by atoms with Gasteiger partial charge in [-0.25, -0.2) is 4.37 Å². The zero-order valence-corrected chi connectivity index (χ0v) is 11.7. The molecule has 0 fully saturated rings. The molecule has 0 saturated carbocycles. The third-order valence-corrected chi connectivity index (χ3v) is 1.93. The Labute approximate surface area is 109 Å². The predicted molar refractivity (Wildman–Crippen MR) is 35.0 cm³/mol. The zero-order chi connectivity index (χ0) is 5.98. The van der Waals surface area contributed by atoms with Crippen LogP contribution in [0.3, 0.4) is 0 Å². The van der Waals surface area contributed by atoms with Gasteiger partial charge in [-0.1, -0.05) is 25.4 Å². The molecule has 3 heteroatoms. The van der Waals surface area contributed by atoms with E-state index in [-0.39, 0.29) is 58.2 Å². The van der Waals surface area contributed by atoms with Gasteiger partial charge in [-0.15, -0.1) is 6.20 Å². The minimum Gasteiger partial charge on any atom is -0.436 e. The van der Waals surface area contributed by atoms with Crippen LogP contribution in [0.15, 0.2) is 6.20 Å². The molecule has 0 aliphatic heterocycles. The average molecular weight is 212 g/mol. The van der Waals surface area contributed by atoms with Gasteiger partial charge in [-0.2, -0.15) is 4.88 Å². The van der Waals surface area contributed by atoms with Crippen molar-refractivity contribution in [1.82, 2.24) is 4.37 Å². The largest absolute Gasteiger partial charge is 1.00 e. The minimum atomic E-state index is 0. The average Bonchev–Trinajstić information content (AvgIpc) is 2.12. The van der Waals surface area contributed by atoms with E-state index in [9.17, 15) is 0 Å². The van der Waals surface area contributed by atoms with Crippen LogP contribution in [-0.2, 0) is 0 Å². The summed E-state index contributed by atoms with van der Waals surface area (Å²) in [4.78, 5) is 1.24. The smallest absolute Gasteiger partial charge is 0.436 e. The maximum atomic E-state index is 3.93. The van der Waals surface area contributed by atoms with Crippen molar-refractivity contribution in [2.45, 2.75) is 19.8 Å². The van der Waals surface area contributed by atoms with E-state index in [0.717, 1.165) is 0 Å². The molecule has 1 aromatic rings. The van der Waals surface area contributed by atoms with Crippen molar-refractivity contribution in [1.29, 1.82) is 0 Å². The molecule has 1 heterocycles. The summed E-state index contributed by atoms with van der Waals surface area (Å²) in [7, 11) is 0. The number of aromatic nitrogens is 1. The van der Waals surface area contributed by atoms with E-state index in [2.05, 4.69) is 24.3 Å². The first kappa shape index (κ1) is 10.4. The molecule has 1 nitrogen and oxygen atoms in total. The molecule has 0 N–H and O–H groups in total. The Kier molecular flexibility index (Phi) is 5.95. The molecule has 0 spiro atoms. The van der Waals surface area contributed by atoms with Gasteiger partial charge in [0.1, 0.15) is 0 Å². The van der Waals surface area contributed by atoms with Crippen LogP contribution in [0.1, 0.15) is 24.6 Å². The number of rotatable bonds is 1. The van der Waals surface area contributed by atoms with Crippen molar-refractivity contribution < 1.29 is 58.2 Å². The van der Waals surface area contributed by atoms with Crippen LogP contribution in [0, 0.1) is 6.07 Å². The Bertz CT molecular complexity index is 148. The molecule has 0 aromatic carbocycles. The summed E-state index contributed by atoms with van der Waals surface area (Å²) in [5, 5.41) is 0. The van der Waals surface area contributed by atoms with Crippen LogP contribution in [-0.4, -0.2) is 4.37 Å². The van der Waals surface area contributed by atoms with E-state index in [1.165, 1.54) is 16.4 Å². The summed E-state index contributed by atoms with van der Waals surface area (Å²) < 4.78 is 3.93. The molecule has 0 amide bonds. The van der Waals surface area contributed by atoms with Gasteiger partial charge in [0.05, 0.1) is 0 Å². The molecular weight excluding hydrogens is 204 g/mol. The first-order chi connectivity index (χ1) is 3.80. The Morgan fingerprint density at radius 3 is 2.56 bits per heavy atom. The van der Waals surface area contributed by atoms with Crippen molar-refractivity contribution in [2.75, 3.05) is 0 Å². The fourth-order valence-corrected chi connectivity index (χ4v) is 1.01. The normalized spacial score (nSPS) is 9.22. The Morgan fingerprint density at radius 1 is 1.67 bits per heavy atom.